The van der Waals surface area contributed by atoms with Crippen molar-refractivity contribution in [1.29, 1.82) is 0 Å². The van der Waals surface area contributed by atoms with E-state index in [1.54, 1.807) is 0 Å². The van der Waals surface area contributed by atoms with E-state index in [1.165, 1.54) is 5.56 Å². The van der Waals surface area contributed by atoms with Gasteiger partial charge in [0.05, 0.1) is 17.8 Å². The summed E-state index contributed by atoms with van der Waals surface area (Å²) in [6, 6.07) is 10.9. The summed E-state index contributed by atoms with van der Waals surface area (Å²) in [6.45, 7) is 10.3. The van der Waals surface area contributed by atoms with Crippen LogP contribution in [0.25, 0.3) is 0 Å². The Kier molecular flexibility index (Phi) is 6.15. The standard InChI is InChI=1S/C23H31N3O/c1-16(2)11-19-5-7-20(8-6-19)18(4)23(27)25-21-9-10-26(15-21)22-12-17(3)13-24-14-22/h5-8,12-14,16,18,21H,9-11,15H2,1-4H3,(H,25,27)/t18?,21-/m1/s1. The summed E-state index contributed by atoms with van der Waals surface area (Å²) in [5.74, 6) is 0.624. The number of hydrogen-bond acceptors (Lipinski definition) is 3. The molecule has 4 heteroatoms. The van der Waals surface area contributed by atoms with Gasteiger partial charge >= 0.3 is 0 Å². The Hall–Kier alpha value is -2.36. The van der Waals surface area contributed by atoms with Gasteiger partial charge < -0.3 is 10.2 Å². The van der Waals surface area contributed by atoms with Gasteiger partial charge in [0, 0.05) is 25.3 Å². The number of nitrogens with zero attached hydrogens (tertiary/aromatic N) is 2. The van der Waals surface area contributed by atoms with Crippen LogP contribution in [0.3, 0.4) is 0 Å². The van der Waals surface area contributed by atoms with E-state index in [0.717, 1.165) is 42.7 Å². The van der Waals surface area contributed by atoms with E-state index in [1.807, 2.05) is 19.3 Å². The minimum absolute atomic E-state index is 0.112. The van der Waals surface area contributed by atoms with E-state index in [0.29, 0.717) is 5.92 Å². The topological polar surface area (TPSA) is 45.2 Å². The zero-order valence-corrected chi connectivity index (χ0v) is 16.9. The first kappa shape index (κ1) is 19.4. The molecule has 0 saturated carbocycles. The van der Waals surface area contributed by atoms with E-state index in [4.69, 9.17) is 0 Å². The Balaban J connectivity index is 1.55. The highest BCUT2D eigenvalue weighted by atomic mass is 16.1. The number of amides is 1. The van der Waals surface area contributed by atoms with Gasteiger partial charge in [-0.25, -0.2) is 0 Å². The van der Waals surface area contributed by atoms with Gasteiger partial charge in [-0.15, -0.1) is 0 Å². The van der Waals surface area contributed by atoms with E-state index in [-0.39, 0.29) is 17.9 Å². The van der Waals surface area contributed by atoms with Gasteiger partial charge in [0.15, 0.2) is 0 Å². The second-order valence-corrected chi connectivity index (χ2v) is 8.22. The van der Waals surface area contributed by atoms with Gasteiger partial charge in [0.1, 0.15) is 0 Å². The van der Waals surface area contributed by atoms with Crippen LogP contribution in [0.4, 0.5) is 5.69 Å². The Bertz CT molecular complexity index is 769. The highest BCUT2D eigenvalue weighted by Crippen LogP contribution is 2.22. The van der Waals surface area contributed by atoms with E-state index >= 15 is 0 Å². The van der Waals surface area contributed by atoms with Gasteiger partial charge in [-0.05, 0) is 55.4 Å². The molecule has 0 aliphatic carbocycles. The predicted molar refractivity (Wildman–Crippen MR) is 111 cm³/mol. The number of hydrogen-bond donors (Lipinski definition) is 1. The number of carbonyl (C=O) groups excluding carboxylic acids is 1. The lowest BCUT2D eigenvalue weighted by atomic mass is 9.96. The number of nitrogens with one attached hydrogen (secondary N) is 1. The average Bonchev–Trinajstić information content (AvgIpc) is 3.10. The molecule has 3 rings (SSSR count). The molecule has 27 heavy (non-hydrogen) atoms. The molecule has 1 unspecified atom stereocenters. The van der Waals surface area contributed by atoms with Crippen LogP contribution in [0.2, 0.25) is 0 Å². The molecule has 1 aliphatic rings. The van der Waals surface area contributed by atoms with Crippen molar-refractivity contribution in [3.63, 3.8) is 0 Å². The Morgan fingerprint density at radius 1 is 1.22 bits per heavy atom. The maximum absolute atomic E-state index is 12.7. The highest BCUT2D eigenvalue weighted by molar-refractivity contribution is 5.83. The Morgan fingerprint density at radius 2 is 1.96 bits per heavy atom. The normalized spacial score (nSPS) is 18.0. The molecule has 1 aromatic heterocycles. The molecule has 1 saturated heterocycles. The third-order valence-electron chi connectivity index (χ3n) is 5.28. The molecular formula is C23H31N3O. The largest absolute Gasteiger partial charge is 0.368 e. The molecule has 4 nitrogen and oxygen atoms in total. The number of aryl methyl sites for hydroxylation is 1. The zero-order chi connectivity index (χ0) is 19.4. The Labute approximate surface area is 163 Å². The lowest BCUT2D eigenvalue weighted by Crippen LogP contribution is -2.39. The average molecular weight is 366 g/mol. The van der Waals surface area contributed by atoms with Crippen molar-refractivity contribution in [2.75, 3.05) is 18.0 Å². The highest BCUT2D eigenvalue weighted by Gasteiger charge is 2.26. The molecule has 0 radical (unpaired) electrons. The summed E-state index contributed by atoms with van der Waals surface area (Å²) < 4.78 is 0. The SMILES string of the molecule is Cc1cncc(N2CC[C@@H](NC(=O)C(C)c3ccc(CC(C)C)cc3)C2)c1. The van der Waals surface area contributed by atoms with Crippen LogP contribution < -0.4 is 10.2 Å². The van der Waals surface area contributed by atoms with Crippen molar-refractivity contribution >= 4 is 11.6 Å². The van der Waals surface area contributed by atoms with Crippen LogP contribution >= 0.6 is 0 Å². The first-order valence-corrected chi connectivity index (χ1v) is 9.98. The summed E-state index contributed by atoms with van der Waals surface area (Å²) in [5.41, 5.74) is 4.72. The fourth-order valence-electron chi connectivity index (χ4n) is 3.72. The van der Waals surface area contributed by atoms with Gasteiger partial charge in [-0.2, -0.15) is 0 Å². The first-order valence-electron chi connectivity index (χ1n) is 9.98. The molecule has 0 spiro atoms. The van der Waals surface area contributed by atoms with Crippen LogP contribution in [0.5, 0.6) is 0 Å². The van der Waals surface area contributed by atoms with Crippen molar-refractivity contribution in [2.24, 2.45) is 5.92 Å². The maximum Gasteiger partial charge on any atom is 0.227 e. The van der Waals surface area contributed by atoms with Crippen LogP contribution in [-0.2, 0) is 11.2 Å². The molecule has 1 amide bonds. The van der Waals surface area contributed by atoms with E-state index < -0.39 is 0 Å². The molecule has 2 heterocycles. The molecule has 144 valence electrons. The maximum atomic E-state index is 12.7. The molecule has 1 aromatic carbocycles. The smallest absolute Gasteiger partial charge is 0.227 e. The lowest BCUT2D eigenvalue weighted by molar-refractivity contribution is -0.122. The summed E-state index contributed by atoms with van der Waals surface area (Å²) >= 11 is 0. The minimum Gasteiger partial charge on any atom is -0.368 e. The van der Waals surface area contributed by atoms with Crippen LogP contribution in [0.15, 0.2) is 42.7 Å². The molecule has 2 atom stereocenters. The molecule has 1 aliphatic heterocycles. The van der Waals surface area contributed by atoms with Crippen molar-refractivity contribution in [1.82, 2.24) is 10.3 Å². The lowest BCUT2D eigenvalue weighted by Gasteiger charge is -2.20. The zero-order valence-electron chi connectivity index (χ0n) is 16.9. The summed E-state index contributed by atoms with van der Waals surface area (Å²) in [4.78, 5) is 19.3. The molecule has 1 N–H and O–H groups in total. The van der Waals surface area contributed by atoms with Crippen molar-refractivity contribution in [2.45, 2.75) is 52.5 Å². The number of rotatable bonds is 6. The number of carbonyl (C=O) groups is 1. The number of anilines is 1. The molecule has 2 aromatic rings. The third-order valence-corrected chi connectivity index (χ3v) is 5.28. The quantitative estimate of drug-likeness (QED) is 0.839. The molecule has 1 fully saturated rings. The van der Waals surface area contributed by atoms with Crippen LogP contribution in [-0.4, -0.2) is 30.0 Å². The second kappa shape index (κ2) is 8.55. The minimum atomic E-state index is -0.132. The summed E-state index contributed by atoms with van der Waals surface area (Å²) in [6.07, 6.45) is 5.82. The first-order chi connectivity index (χ1) is 12.9. The van der Waals surface area contributed by atoms with E-state index in [2.05, 4.69) is 66.3 Å². The Morgan fingerprint density at radius 3 is 2.63 bits per heavy atom. The molecule has 0 bridgehead atoms. The van der Waals surface area contributed by atoms with Gasteiger partial charge in [-0.1, -0.05) is 38.1 Å². The fraction of sp³-hybridized carbons (Fsp3) is 0.478. The monoisotopic (exact) mass is 365 g/mol. The van der Waals surface area contributed by atoms with Crippen LogP contribution in [0, 0.1) is 12.8 Å². The van der Waals surface area contributed by atoms with Gasteiger partial charge in [-0.3, -0.25) is 9.78 Å². The number of aromatic nitrogens is 1. The van der Waals surface area contributed by atoms with Crippen molar-refractivity contribution in [3.05, 3.63) is 59.4 Å². The number of pyridine rings is 1. The third kappa shape index (κ3) is 5.09. The predicted octanol–water partition coefficient (Wildman–Crippen LogP) is 4.09. The fourth-order valence-corrected chi connectivity index (χ4v) is 3.72. The van der Waals surface area contributed by atoms with Crippen LogP contribution in [0.1, 0.15) is 49.8 Å². The number of benzene rings is 1. The van der Waals surface area contributed by atoms with Crippen molar-refractivity contribution < 1.29 is 4.79 Å². The second-order valence-electron chi connectivity index (χ2n) is 8.22. The van der Waals surface area contributed by atoms with Crippen molar-refractivity contribution in [3.8, 4) is 0 Å². The van der Waals surface area contributed by atoms with Gasteiger partial charge in [0.2, 0.25) is 5.91 Å². The summed E-state index contributed by atoms with van der Waals surface area (Å²) in [5, 5.41) is 3.24. The van der Waals surface area contributed by atoms with E-state index in [9.17, 15) is 4.79 Å². The summed E-state index contributed by atoms with van der Waals surface area (Å²) in [7, 11) is 0. The molecular weight excluding hydrogens is 334 g/mol. The van der Waals surface area contributed by atoms with Gasteiger partial charge in [0.25, 0.3) is 0 Å².